The number of carbonyl (C=O) groups is 1. The van der Waals surface area contributed by atoms with Crippen molar-refractivity contribution in [1.82, 2.24) is 4.90 Å². The number of nitro groups is 1. The SMILES string of the molecule is CN1CCN(c2ccccc2[N+](=O)[O-])C(=O)C1. The molecule has 0 N–H and O–H groups in total. The van der Waals surface area contributed by atoms with E-state index >= 15 is 0 Å². The fourth-order valence-corrected chi connectivity index (χ4v) is 1.89. The number of nitrogens with zero attached hydrogens (tertiary/aromatic N) is 3. The largest absolute Gasteiger partial charge is 0.304 e. The Morgan fingerprint density at radius 2 is 2.00 bits per heavy atom. The third-order valence-electron chi connectivity index (χ3n) is 2.78. The number of anilines is 1. The molecule has 90 valence electrons. The Labute approximate surface area is 98.6 Å². The van der Waals surface area contributed by atoms with Crippen LogP contribution in [-0.4, -0.2) is 42.4 Å². The average Bonchev–Trinajstić information content (AvgIpc) is 2.29. The van der Waals surface area contributed by atoms with Gasteiger partial charge in [0.25, 0.3) is 5.69 Å². The lowest BCUT2D eigenvalue weighted by Crippen LogP contribution is -2.49. The van der Waals surface area contributed by atoms with E-state index in [1.54, 1.807) is 18.2 Å². The van der Waals surface area contributed by atoms with Crippen molar-refractivity contribution in [2.45, 2.75) is 0 Å². The molecular formula is C11H13N3O3. The van der Waals surface area contributed by atoms with Gasteiger partial charge in [-0.3, -0.25) is 19.8 Å². The van der Waals surface area contributed by atoms with Crippen molar-refractivity contribution in [3.63, 3.8) is 0 Å². The third-order valence-corrected chi connectivity index (χ3v) is 2.78. The Kier molecular flexibility index (Phi) is 3.06. The molecule has 0 saturated carbocycles. The number of nitro benzene ring substituents is 1. The minimum Gasteiger partial charge on any atom is -0.304 e. The molecule has 0 unspecified atom stereocenters. The Hall–Kier alpha value is -1.95. The van der Waals surface area contributed by atoms with Crippen LogP contribution in [-0.2, 0) is 4.79 Å². The maximum Gasteiger partial charge on any atom is 0.292 e. The molecule has 0 atom stereocenters. The fraction of sp³-hybridized carbons (Fsp3) is 0.364. The summed E-state index contributed by atoms with van der Waals surface area (Å²) in [6.07, 6.45) is 0. The van der Waals surface area contributed by atoms with Gasteiger partial charge in [-0.2, -0.15) is 0 Å². The maximum absolute atomic E-state index is 11.8. The number of hydrogen-bond donors (Lipinski definition) is 0. The molecule has 17 heavy (non-hydrogen) atoms. The Morgan fingerprint density at radius 1 is 1.29 bits per heavy atom. The number of piperazine rings is 1. The van der Waals surface area contributed by atoms with E-state index in [4.69, 9.17) is 0 Å². The van der Waals surface area contributed by atoms with E-state index in [-0.39, 0.29) is 11.6 Å². The second kappa shape index (κ2) is 4.50. The zero-order valence-corrected chi connectivity index (χ0v) is 9.50. The first-order valence-electron chi connectivity index (χ1n) is 5.32. The highest BCUT2D eigenvalue weighted by molar-refractivity contribution is 5.97. The first kappa shape index (κ1) is 11.5. The number of carbonyl (C=O) groups excluding carboxylic acids is 1. The number of benzene rings is 1. The normalized spacial score (nSPS) is 17.2. The van der Waals surface area contributed by atoms with E-state index in [1.165, 1.54) is 11.0 Å². The number of rotatable bonds is 2. The van der Waals surface area contributed by atoms with Gasteiger partial charge in [0.1, 0.15) is 5.69 Å². The van der Waals surface area contributed by atoms with Crippen molar-refractivity contribution in [3.05, 3.63) is 34.4 Å². The first-order chi connectivity index (χ1) is 8.09. The molecule has 1 heterocycles. The van der Waals surface area contributed by atoms with Crippen LogP contribution in [0.3, 0.4) is 0 Å². The molecular weight excluding hydrogens is 222 g/mol. The van der Waals surface area contributed by atoms with Gasteiger partial charge in [0, 0.05) is 19.2 Å². The van der Waals surface area contributed by atoms with Crippen LogP contribution in [0.25, 0.3) is 0 Å². The number of likely N-dealkylation sites (N-methyl/N-ethyl adjacent to an activating group) is 1. The molecule has 1 aromatic carbocycles. The van der Waals surface area contributed by atoms with Crippen LogP contribution in [0.1, 0.15) is 0 Å². The zero-order valence-electron chi connectivity index (χ0n) is 9.50. The van der Waals surface area contributed by atoms with Gasteiger partial charge in [-0.25, -0.2) is 0 Å². The van der Waals surface area contributed by atoms with Crippen LogP contribution in [0.5, 0.6) is 0 Å². The summed E-state index contributed by atoms with van der Waals surface area (Å²) in [4.78, 5) is 25.7. The van der Waals surface area contributed by atoms with E-state index in [1.807, 2.05) is 11.9 Å². The highest BCUT2D eigenvalue weighted by Crippen LogP contribution is 2.28. The molecule has 0 spiro atoms. The molecule has 1 aromatic rings. The summed E-state index contributed by atoms with van der Waals surface area (Å²) in [7, 11) is 1.86. The van der Waals surface area contributed by atoms with Crippen molar-refractivity contribution in [3.8, 4) is 0 Å². The van der Waals surface area contributed by atoms with Crippen molar-refractivity contribution in [2.24, 2.45) is 0 Å². The van der Waals surface area contributed by atoms with Crippen LogP contribution in [0, 0.1) is 10.1 Å². The second-order valence-corrected chi connectivity index (χ2v) is 4.03. The van der Waals surface area contributed by atoms with Crippen LogP contribution in [0.4, 0.5) is 11.4 Å². The predicted octanol–water partition coefficient (Wildman–Crippen LogP) is 0.873. The third kappa shape index (κ3) is 2.26. The smallest absolute Gasteiger partial charge is 0.292 e. The monoisotopic (exact) mass is 235 g/mol. The van der Waals surface area contributed by atoms with Crippen molar-refractivity contribution < 1.29 is 9.72 Å². The fourth-order valence-electron chi connectivity index (χ4n) is 1.89. The van der Waals surface area contributed by atoms with Crippen LogP contribution in [0.2, 0.25) is 0 Å². The van der Waals surface area contributed by atoms with Gasteiger partial charge < -0.3 is 4.90 Å². The second-order valence-electron chi connectivity index (χ2n) is 4.03. The number of para-hydroxylation sites is 2. The molecule has 0 aliphatic carbocycles. The number of hydrogen-bond acceptors (Lipinski definition) is 4. The lowest BCUT2D eigenvalue weighted by Gasteiger charge is -2.31. The molecule has 1 fully saturated rings. The van der Waals surface area contributed by atoms with Gasteiger partial charge in [-0.15, -0.1) is 0 Å². The average molecular weight is 235 g/mol. The summed E-state index contributed by atoms with van der Waals surface area (Å²) in [5.74, 6) is -0.104. The van der Waals surface area contributed by atoms with Gasteiger partial charge in [-0.05, 0) is 13.1 Å². The molecule has 1 amide bonds. The summed E-state index contributed by atoms with van der Waals surface area (Å²) in [5.41, 5.74) is 0.362. The molecule has 2 rings (SSSR count). The van der Waals surface area contributed by atoms with Gasteiger partial charge >= 0.3 is 0 Å². The molecule has 1 aliphatic rings. The van der Waals surface area contributed by atoms with Crippen molar-refractivity contribution in [1.29, 1.82) is 0 Å². The molecule has 1 saturated heterocycles. The summed E-state index contributed by atoms with van der Waals surface area (Å²) < 4.78 is 0. The molecule has 6 heteroatoms. The van der Waals surface area contributed by atoms with Crippen molar-refractivity contribution >= 4 is 17.3 Å². The minimum absolute atomic E-state index is 0.0228. The lowest BCUT2D eigenvalue weighted by molar-refractivity contribution is -0.384. The van der Waals surface area contributed by atoms with E-state index in [0.29, 0.717) is 18.8 Å². The van der Waals surface area contributed by atoms with Gasteiger partial charge in [-0.1, -0.05) is 12.1 Å². The summed E-state index contributed by atoms with van der Waals surface area (Å²) in [5, 5.41) is 10.9. The highest BCUT2D eigenvalue weighted by Gasteiger charge is 2.27. The van der Waals surface area contributed by atoms with Crippen molar-refractivity contribution in [2.75, 3.05) is 31.6 Å². The Balaban J connectivity index is 2.34. The van der Waals surface area contributed by atoms with Gasteiger partial charge in [0.2, 0.25) is 5.91 Å². The summed E-state index contributed by atoms with van der Waals surface area (Å²) in [6, 6.07) is 6.33. The predicted molar refractivity (Wildman–Crippen MR) is 62.9 cm³/mol. The molecule has 0 bridgehead atoms. The highest BCUT2D eigenvalue weighted by atomic mass is 16.6. The zero-order chi connectivity index (χ0) is 12.4. The first-order valence-corrected chi connectivity index (χ1v) is 5.32. The van der Waals surface area contributed by atoms with Gasteiger partial charge in [0.15, 0.2) is 0 Å². The minimum atomic E-state index is -0.457. The molecule has 6 nitrogen and oxygen atoms in total. The molecule has 0 aromatic heterocycles. The summed E-state index contributed by atoms with van der Waals surface area (Å²) >= 11 is 0. The van der Waals surface area contributed by atoms with Crippen LogP contribution >= 0.6 is 0 Å². The van der Waals surface area contributed by atoms with Crippen LogP contribution in [0.15, 0.2) is 24.3 Å². The van der Waals surface area contributed by atoms with E-state index in [9.17, 15) is 14.9 Å². The summed E-state index contributed by atoms with van der Waals surface area (Å²) in [6.45, 7) is 1.50. The van der Waals surface area contributed by atoms with E-state index < -0.39 is 4.92 Å². The number of amides is 1. The Bertz CT molecular complexity index is 461. The van der Waals surface area contributed by atoms with Crippen LogP contribution < -0.4 is 4.90 Å². The Morgan fingerprint density at radius 3 is 2.65 bits per heavy atom. The standard InChI is InChI=1S/C11H13N3O3/c1-12-6-7-13(11(15)8-12)9-4-2-3-5-10(9)14(16)17/h2-5H,6-8H2,1H3. The molecule has 0 radical (unpaired) electrons. The topological polar surface area (TPSA) is 66.7 Å². The van der Waals surface area contributed by atoms with E-state index in [0.717, 1.165) is 6.54 Å². The molecule has 1 aliphatic heterocycles. The van der Waals surface area contributed by atoms with Gasteiger partial charge in [0.05, 0.1) is 11.5 Å². The lowest BCUT2D eigenvalue weighted by atomic mass is 10.2. The maximum atomic E-state index is 11.8. The quantitative estimate of drug-likeness (QED) is 0.563. The van der Waals surface area contributed by atoms with E-state index in [2.05, 4.69) is 0 Å².